The minimum atomic E-state index is -1.18. The molecule has 0 saturated carbocycles. The third kappa shape index (κ3) is 3.78. The molecule has 6 heteroatoms. The van der Waals surface area contributed by atoms with E-state index >= 15 is 0 Å². The number of carbonyl (C=O) groups is 3. The van der Waals surface area contributed by atoms with E-state index in [4.69, 9.17) is 0 Å². The zero-order valence-electron chi connectivity index (χ0n) is 19.2. The van der Waals surface area contributed by atoms with Crippen molar-refractivity contribution in [1.82, 2.24) is 15.1 Å². The van der Waals surface area contributed by atoms with E-state index in [1.165, 1.54) is 5.56 Å². The van der Waals surface area contributed by atoms with Crippen molar-refractivity contribution in [3.05, 3.63) is 70.8 Å². The summed E-state index contributed by atoms with van der Waals surface area (Å²) in [5, 5.41) is 2.80. The molecule has 0 aromatic heterocycles. The first-order valence-electron chi connectivity index (χ1n) is 11.3. The topological polar surface area (TPSA) is 69.7 Å². The number of hydrogen-bond donors (Lipinski definition) is 1. The Kier molecular flexibility index (Phi) is 5.80. The Hall–Kier alpha value is -3.15. The molecule has 1 fully saturated rings. The smallest absolute Gasteiger partial charge is 0.325 e. The molecule has 6 nitrogen and oxygen atoms in total. The summed E-state index contributed by atoms with van der Waals surface area (Å²) in [5.41, 5.74) is 3.11. The van der Waals surface area contributed by atoms with Gasteiger partial charge >= 0.3 is 6.03 Å². The average molecular weight is 434 g/mol. The van der Waals surface area contributed by atoms with Crippen LogP contribution in [0.3, 0.4) is 0 Å². The molecule has 32 heavy (non-hydrogen) atoms. The molecule has 2 aromatic carbocycles. The van der Waals surface area contributed by atoms with E-state index in [1.807, 2.05) is 36.4 Å². The Labute approximate surface area is 189 Å². The van der Waals surface area contributed by atoms with Crippen LogP contribution in [0.1, 0.15) is 67.8 Å². The molecule has 1 N–H and O–H groups in total. The van der Waals surface area contributed by atoms with Crippen molar-refractivity contribution < 1.29 is 14.4 Å². The third-order valence-corrected chi connectivity index (χ3v) is 6.92. The van der Waals surface area contributed by atoms with Crippen molar-refractivity contribution in [3.8, 4) is 0 Å². The van der Waals surface area contributed by atoms with Crippen LogP contribution >= 0.6 is 0 Å². The van der Waals surface area contributed by atoms with E-state index in [1.54, 1.807) is 18.9 Å². The number of likely N-dealkylation sites (N-methyl/N-ethyl adjacent to an activating group) is 1. The lowest BCUT2D eigenvalue weighted by Crippen LogP contribution is -2.44. The van der Waals surface area contributed by atoms with Crippen molar-refractivity contribution in [2.45, 2.75) is 57.5 Å². The molecule has 4 rings (SSSR count). The number of benzene rings is 2. The van der Waals surface area contributed by atoms with Gasteiger partial charge in [-0.05, 0) is 54.4 Å². The van der Waals surface area contributed by atoms with Crippen LogP contribution < -0.4 is 5.32 Å². The summed E-state index contributed by atoms with van der Waals surface area (Å²) in [6.45, 7) is 5.64. The SMILES string of the molecule is CC(C)c1ccc(C2(C)NC(=O)N(CC(=O)N(C)C3CCCc4ccccc43)C2=O)cc1. The quantitative estimate of drug-likeness (QED) is 0.722. The number of rotatable bonds is 5. The largest absolute Gasteiger partial charge is 0.337 e. The molecule has 1 aliphatic heterocycles. The van der Waals surface area contributed by atoms with Crippen LogP contribution in [-0.2, 0) is 21.5 Å². The molecule has 1 saturated heterocycles. The molecule has 2 unspecified atom stereocenters. The highest BCUT2D eigenvalue weighted by molar-refractivity contribution is 6.09. The summed E-state index contributed by atoms with van der Waals surface area (Å²) in [7, 11) is 1.76. The summed E-state index contributed by atoms with van der Waals surface area (Å²) in [6, 6.07) is 15.3. The van der Waals surface area contributed by atoms with Crippen LogP contribution in [0.25, 0.3) is 0 Å². The van der Waals surface area contributed by atoms with Crippen LogP contribution in [0.15, 0.2) is 48.5 Å². The van der Waals surface area contributed by atoms with E-state index in [-0.39, 0.29) is 18.5 Å². The number of amides is 4. The van der Waals surface area contributed by atoms with E-state index in [0.29, 0.717) is 11.5 Å². The van der Waals surface area contributed by atoms with Gasteiger partial charge in [0.05, 0.1) is 6.04 Å². The molecule has 4 amide bonds. The van der Waals surface area contributed by atoms with E-state index < -0.39 is 17.5 Å². The highest BCUT2D eigenvalue weighted by atomic mass is 16.2. The molecule has 0 spiro atoms. The van der Waals surface area contributed by atoms with Gasteiger partial charge in [0.25, 0.3) is 5.91 Å². The Morgan fingerprint density at radius 2 is 1.84 bits per heavy atom. The molecular formula is C26H31N3O3. The summed E-state index contributed by atoms with van der Waals surface area (Å²) in [6.07, 6.45) is 2.89. The number of nitrogens with one attached hydrogen (secondary N) is 1. The maximum absolute atomic E-state index is 13.3. The molecule has 0 radical (unpaired) electrons. The first-order chi connectivity index (χ1) is 15.2. The standard InChI is InChI=1S/C26H31N3O3/c1-17(2)18-12-14-20(15-13-18)26(3)24(31)29(25(32)27-26)16-23(30)28(4)22-11-7-9-19-8-5-6-10-21(19)22/h5-6,8,10,12-15,17,22H,7,9,11,16H2,1-4H3,(H,27,32). The average Bonchev–Trinajstić information content (AvgIpc) is 3.02. The first kappa shape index (κ1) is 22.1. The molecule has 1 heterocycles. The lowest BCUT2D eigenvalue weighted by atomic mass is 9.87. The van der Waals surface area contributed by atoms with Crippen molar-refractivity contribution in [1.29, 1.82) is 0 Å². The fourth-order valence-corrected chi connectivity index (χ4v) is 4.79. The van der Waals surface area contributed by atoms with Crippen LogP contribution in [0.5, 0.6) is 0 Å². The molecule has 168 valence electrons. The van der Waals surface area contributed by atoms with Gasteiger partial charge in [0.1, 0.15) is 12.1 Å². The number of nitrogens with zero attached hydrogens (tertiary/aromatic N) is 2. The lowest BCUT2D eigenvalue weighted by molar-refractivity contribution is -0.139. The van der Waals surface area contributed by atoms with Crippen LogP contribution in [0.2, 0.25) is 0 Å². The van der Waals surface area contributed by atoms with Crippen molar-refractivity contribution in [2.75, 3.05) is 13.6 Å². The van der Waals surface area contributed by atoms with Crippen LogP contribution in [0.4, 0.5) is 4.79 Å². The van der Waals surface area contributed by atoms with Crippen molar-refractivity contribution >= 4 is 17.8 Å². The molecule has 2 atom stereocenters. The number of carbonyl (C=O) groups excluding carboxylic acids is 3. The fraction of sp³-hybridized carbons (Fsp3) is 0.423. The molecule has 1 aliphatic carbocycles. The van der Waals surface area contributed by atoms with Gasteiger partial charge < -0.3 is 10.2 Å². The minimum Gasteiger partial charge on any atom is -0.337 e. The lowest BCUT2D eigenvalue weighted by Gasteiger charge is -2.34. The van der Waals surface area contributed by atoms with Gasteiger partial charge in [0.2, 0.25) is 5.91 Å². The summed E-state index contributed by atoms with van der Waals surface area (Å²) >= 11 is 0. The second-order valence-electron chi connectivity index (χ2n) is 9.33. The molecular weight excluding hydrogens is 402 g/mol. The third-order valence-electron chi connectivity index (χ3n) is 6.92. The summed E-state index contributed by atoms with van der Waals surface area (Å²) in [5.74, 6) is -0.263. The summed E-state index contributed by atoms with van der Waals surface area (Å²) in [4.78, 5) is 41.8. The van der Waals surface area contributed by atoms with Gasteiger partial charge in [-0.25, -0.2) is 4.79 Å². The van der Waals surface area contributed by atoms with Gasteiger partial charge in [0.15, 0.2) is 0 Å². The predicted octanol–water partition coefficient (Wildman–Crippen LogP) is 4.11. The van der Waals surface area contributed by atoms with E-state index in [9.17, 15) is 14.4 Å². The van der Waals surface area contributed by atoms with E-state index in [0.717, 1.165) is 35.3 Å². The van der Waals surface area contributed by atoms with Crippen molar-refractivity contribution in [2.24, 2.45) is 0 Å². The monoisotopic (exact) mass is 433 g/mol. The van der Waals surface area contributed by atoms with Crippen LogP contribution in [-0.4, -0.2) is 41.2 Å². The summed E-state index contributed by atoms with van der Waals surface area (Å²) < 4.78 is 0. The molecule has 2 aromatic rings. The first-order valence-corrected chi connectivity index (χ1v) is 11.3. The number of hydrogen-bond acceptors (Lipinski definition) is 3. The second-order valence-corrected chi connectivity index (χ2v) is 9.33. The van der Waals surface area contributed by atoms with Gasteiger partial charge in [-0.3, -0.25) is 14.5 Å². The maximum atomic E-state index is 13.3. The Balaban J connectivity index is 1.50. The Morgan fingerprint density at radius 3 is 2.53 bits per heavy atom. The number of imide groups is 1. The van der Waals surface area contributed by atoms with E-state index in [2.05, 4.69) is 31.3 Å². The van der Waals surface area contributed by atoms with Gasteiger partial charge in [-0.2, -0.15) is 0 Å². The number of urea groups is 1. The zero-order valence-corrected chi connectivity index (χ0v) is 19.2. The maximum Gasteiger partial charge on any atom is 0.325 e. The Morgan fingerprint density at radius 1 is 1.16 bits per heavy atom. The number of aryl methyl sites for hydroxylation is 1. The van der Waals surface area contributed by atoms with Crippen molar-refractivity contribution in [3.63, 3.8) is 0 Å². The van der Waals surface area contributed by atoms with Gasteiger partial charge in [0, 0.05) is 7.05 Å². The van der Waals surface area contributed by atoms with Gasteiger partial charge in [-0.1, -0.05) is 62.4 Å². The van der Waals surface area contributed by atoms with Gasteiger partial charge in [-0.15, -0.1) is 0 Å². The Bertz CT molecular complexity index is 1050. The normalized spacial score (nSPS) is 22.7. The fourth-order valence-electron chi connectivity index (χ4n) is 4.79. The molecule has 2 aliphatic rings. The second kappa shape index (κ2) is 8.41. The zero-order chi connectivity index (χ0) is 23.0. The molecule has 0 bridgehead atoms. The van der Waals surface area contributed by atoms with Crippen LogP contribution in [0, 0.1) is 0 Å². The predicted molar refractivity (Wildman–Crippen MR) is 123 cm³/mol. The highest BCUT2D eigenvalue weighted by Gasteiger charge is 2.49. The highest BCUT2D eigenvalue weighted by Crippen LogP contribution is 2.34. The number of fused-ring (bicyclic) bond motifs is 1. The minimum absolute atomic E-state index is 0.0387.